The number of hydrogen-bond donors (Lipinski definition) is 1. The molecule has 146 valence electrons. The van der Waals surface area contributed by atoms with Crippen molar-refractivity contribution < 1.29 is 9.59 Å². The Hall–Kier alpha value is -4.02. The smallest absolute Gasteiger partial charge is 0.268 e. The normalized spacial score (nSPS) is 11.3. The van der Waals surface area contributed by atoms with E-state index >= 15 is 0 Å². The number of carbonyl (C=O) groups excluding carboxylic acids is 2. The largest absolute Gasteiger partial charge is 0.313 e. The highest BCUT2D eigenvalue weighted by molar-refractivity contribution is 7.13. The molecule has 0 fully saturated rings. The van der Waals surface area contributed by atoms with E-state index in [0.717, 1.165) is 5.52 Å². The first-order valence-electron chi connectivity index (χ1n) is 9.12. The Balaban J connectivity index is 1.82. The van der Waals surface area contributed by atoms with Crippen LogP contribution in [0.15, 0.2) is 71.9 Å². The van der Waals surface area contributed by atoms with Crippen molar-refractivity contribution in [1.29, 1.82) is 5.26 Å². The number of rotatable bonds is 5. The summed E-state index contributed by atoms with van der Waals surface area (Å²) in [5.74, 6) is -0.669. The minimum absolute atomic E-state index is 0.0663. The molecule has 0 bridgehead atoms. The van der Waals surface area contributed by atoms with E-state index in [1.165, 1.54) is 17.4 Å². The molecule has 0 radical (unpaired) electrons. The van der Waals surface area contributed by atoms with E-state index in [9.17, 15) is 14.9 Å². The molecule has 0 saturated carbocycles. The van der Waals surface area contributed by atoms with E-state index in [2.05, 4.69) is 10.3 Å². The number of thiazole rings is 1. The molecule has 1 N–H and O–H groups in total. The van der Waals surface area contributed by atoms with Crippen LogP contribution in [-0.4, -0.2) is 21.1 Å². The van der Waals surface area contributed by atoms with Gasteiger partial charge in [0.25, 0.3) is 5.91 Å². The lowest BCUT2D eigenvalue weighted by atomic mass is 10.0. The first kappa shape index (κ1) is 19.3. The number of carbonyl (C=O) groups is 2. The fourth-order valence-electron chi connectivity index (χ4n) is 3.29. The second-order valence-electron chi connectivity index (χ2n) is 6.50. The molecule has 0 spiro atoms. The van der Waals surface area contributed by atoms with Gasteiger partial charge in [-0.25, -0.2) is 4.98 Å². The van der Waals surface area contributed by atoms with Crippen LogP contribution in [0, 0.1) is 18.3 Å². The van der Waals surface area contributed by atoms with Gasteiger partial charge >= 0.3 is 0 Å². The topological polar surface area (TPSA) is 87.3 Å². The number of benzene rings is 1. The Morgan fingerprint density at radius 1 is 1.17 bits per heavy atom. The highest BCUT2D eigenvalue weighted by Gasteiger charge is 2.22. The molecule has 0 aliphatic rings. The fraction of sp³-hybridized carbons (Fsp3) is 0.0435. The molecule has 6 nitrogen and oxygen atoms in total. The van der Waals surface area contributed by atoms with Gasteiger partial charge in [-0.3, -0.25) is 14.9 Å². The van der Waals surface area contributed by atoms with Crippen LogP contribution in [0.3, 0.4) is 0 Å². The quantitative estimate of drug-likeness (QED) is 0.297. The van der Waals surface area contributed by atoms with Gasteiger partial charge in [-0.2, -0.15) is 5.26 Å². The molecule has 30 heavy (non-hydrogen) atoms. The molecule has 0 atom stereocenters. The van der Waals surface area contributed by atoms with Crippen LogP contribution in [0.2, 0.25) is 0 Å². The van der Waals surface area contributed by atoms with Crippen LogP contribution in [0.5, 0.6) is 0 Å². The minimum atomic E-state index is -0.543. The molecule has 0 aliphatic heterocycles. The number of nitriles is 1. The van der Waals surface area contributed by atoms with Crippen LogP contribution in [-0.2, 0) is 4.79 Å². The SMILES string of the molecule is Cc1c(/C=C(\C#N)C(=O)Nc2nccs2)c2ccccn2c1C(=O)c1ccccc1. The predicted octanol–water partition coefficient (Wildman–Crippen LogP) is 4.48. The zero-order valence-electron chi connectivity index (χ0n) is 16.0. The van der Waals surface area contributed by atoms with E-state index in [1.54, 1.807) is 34.3 Å². The minimum Gasteiger partial charge on any atom is -0.313 e. The van der Waals surface area contributed by atoms with E-state index < -0.39 is 5.91 Å². The van der Waals surface area contributed by atoms with Gasteiger partial charge in [-0.15, -0.1) is 11.3 Å². The van der Waals surface area contributed by atoms with E-state index in [1.807, 2.05) is 49.4 Å². The van der Waals surface area contributed by atoms with Gasteiger partial charge in [-0.1, -0.05) is 36.4 Å². The highest BCUT2D eigenvalue weighted by atomic mass is 32.1. The summed E-state index contributed by atoms with van der Waals surface area (Å²) in [6.45, 7) is 1.82. The van der Waals surface area contributed by atoms with Crippen molar-refractivity contribution in [3.8, 4) is 6.07 Å². The highest BCUT2D eigenvalue weighted by Crippen LogP contribution is 2.28. The Bertz CT molecular complexity index is 1310. The summed E-state index contributed by atoms with van der Waals surface area (Å²) in [6.07, 6.45) is 4.90. The van der Waals surface area contributed by atoms with Crippen LogP contribution >= 0.6 is 11.3 Å². The number of pyridine rings is 1. The number of aromatic nitrogens is 2. The second-order valence-corrected chi connectivity index (χ2v) is 7.39. The molecular weight excluding hydrogens is 396 g/mol. The number of nitrogens with one attached hydrogen (secondary N) is 1. The Morgan fingerprint density at radius 2 is 1.93 bits per heavy atom. The van der Waals surface area contributed by atoms with Gasteiger partial charge in [0.2, 0.25) is 5.78 Å². The molecule has 1 aromatic carbocycles. The summed E-state index contributed by atoms with van der Waals surface area (Å²) in [5.41, 5.74) is 3.10. The average molecular weight is 412 g/mol. The third kappa shape index (κ3) is 3.52. The molecule has 1 amide bonds. The predicted molar refractivity (Wildman–Crippen MR) is 116 cm³/mol. The Kier molecular flexibility index (Phi) is 5.24. The zero-order chi connectivity index (χ0) is 21.1. The van der Waals surface area contributed by atoms with Gasteiger partial charge < -0.3 is 4.40 Å². The second kappa shape index (κ2) is 8.15. The van der Waals surface area contributed by atoms with Crippen molar-refractivity contribution in [3.63, 3.8) is 0 Å². The number of nitrogens with zero attached hydrogens (tertiary/aromatic N) is 3. The summed E-state index contributed by atoms with van der Waals surface area (Å²) in [4.78, 5) is 29.8. The van der Waals surface area contributed by atoms with Crippen molar-refractivity contribution in [2.75, 3.05) is 5.32 Å². The maximum absolute atomic E-state index is 13.2. The fourth-order valence-corrected chi connectivity index (χ4v) is 3.81. The van der Waals surface area contributed by atoms with Crippen LogP contribution < -0.4 is 5.32 Å². The van der Waals surface area contributed by atoms with Gasteiger partial charge in [0.15, 0.2) is 5.13 Å². The molecule has 0 saturated heterocycles. The molecule has 3 heterocycles. The van der Waals surface area contributed by atoms with Crippen molar-refractivity contribution in [2.24, 2.45) is 0 Å². The molecule has 0 unspecified atom stereocenters. The summed E-state index contributed by atoms with van der Waals surface area (Å²) in [5, 5.41) is 14.3. The molecule has 3 aromatic heterocycles. The number of amides is 1. The number of ketones is 1. The van der Waals surface area contributed by atoms with E-state index in [0.29, 0.717) is 27.5 Å². The average Bonchev–Trinajstić information content (AvgIpc) is 3.38. The summed E-state index contributed by atoms with van der Waals surface area (Å²) < 4.78 is 1.80. The lowest BCUT2D eigenvalue weighted by molar-refractivity contribution is -0.112. The van der Waals surface area contributed by atoms with Gasteiger partial charge in [0, 0.05) is 28.9 Å². The third-order valence-corrected chi connectivity index (χ3v) is 5.38. The van der Waals surface area contributed by atoms with Crippen LogP contribution in [0.25, 0.3) is 11.6 Å². The Morgan fingerprint density at radius 3 is 2.63 bits per heavy atom. The molecule has 4 rings (SSSR count). The molecular formula is C23H16N4O2S. The summed E-state index contributed by atoms with van der Waals surface area (Å²) in [7, 11) is 0. The Labute approximate surface area is 176 Å². The van der Waals surface area contributed by atoms with Crippen molar-refractivity contribution in [3.05, 3.63) is 94.3 Å². The first-order chi connectivity index (χ1) is 14.6. The lowest BCUT2D eigenvalue weighted by Crippen LogP contribution is -2.13. The van der Waals surface area contributed by atoms with Crippen LogP contribution in [0.1, 0.15) is 27.2 Å². The van der Waals surface area contributed by atoms with Crippen LogP contribution in [0.4, 0.5) is 5.13 Å². The number of hydrogen-bond acceptors (Lipinski definition) is 5. The standard InChI is InChI=1S/C23H16N4O2S/c1-15-18(13-17(14-24)22(29)26-23-25-10-12-30-23)19-9-5-6-11-27(19)20(15)21(28)16-7-3-2-4-8-16/h2-13H,1H3,(H,25,26,29)/b17-13+. The van der Waals surface area contributed by atoms with Crippen molar-refractivity contribution in [2.45, 2.75) is 6.92 Å². The van der Waals surface area contributed by atoms with E-state index in [4.69, 9.17) is 0 Å². The molecule has 7 heteroatoms. The van der Waals surface area contributed by atoms with E-state index in [-0.39, 0.29) is 11.4 Å². The third-order valence-electron chi connectivity index (χ3n) is 4.69. The monoisotopic (exact) mass is 412 g/mol. The lowest BCUT2D eigenvalue weighted by Gasteiger charge is -2.03. The number of fused-ring (bicyclic) bond motifs is 1. The zero-order valence-corrected chi connectivity index (χ0v) is 16.8. The van der Waals surface area contributed by atoms with Crippen molar-refractivity contribution in [1.82, 2.24) is 9.38 Å². The molecule has 4 aromatic rings. The summed E-state index contributed by atoms with van der Waals surface area (Å²) >= 11 is 1.27. The number of anilines is 1. The van der Waals surface area contributed by atoms with Gasteiger partial charge in [0.05, 0.1) is 11.2 Å². The first-order valence-corrected chi connectivity index (χ1v) is 10.00. The van der Waals surface area contributed by atoms with Crippen molar-refractivity contribution >= 4 is 39.8 Å². The summed E-state index contributed by atoms with van der Waals surface area (Å²) in [6, 6.07) is 16.5. The maximum atomic E-state index is 13.2. The maximum Gasteiger partial charge on any atom is 0.268 e. The molecule has 0 aliphatic carbocycles. The van der Waals surface area contributed by atoms with Gasteiger partial charge in [0.1, 0.15) is 11.6 Å². The van der Waals surface area contributed by atoms with Gasteiger partial charge in [-0.05, 0) is 30.7 Å².